The van der Waals surface area contributed by atoms with Crippen LogP contribution in [0.5, 0.6) is 0 Å². The molecule has 0 unspecified atom stereocenters. The second-order valence-corrected chi connectivity index (χ2v) is 1.79. The molecule has 0 amide bonds. The summed E-state index contributed by atoms with van der Waals surface area (Å²) in [6.45, 7) is 4.25. The van der Waals surface area contributed by atoms with E-state index >= 15 is 0 Å². The molecule has 1 aliphatic rings. The van der Waals surface area contributed by atoms with Crippen LogP contribution in [0.25, 0.3) is 0 Å². The molecule has 1 heteroatoms. The minimum atomic E-state index is 0.565. The van der Waals surface area contributed by atoms with Gasteiger partial charge in [0.15, 0.2) is 0 Å². The lowest BCUT2D eigenvalue weighted by Gasteiger charge is -1.72. The summed E-state index contributed by atoms with van der Waals surface area (Å²) in [5.41, 5.74) is 0. The number of hydrogen-bond acceptors (Lipinski definition) is 1. The van der Waals surface area contributed by atoms with Crippen LogP contribution in [0.4, 0.5) is 0 Å². The molecule has 0 radical (unpaired) electrons. The molecule has 1 heterocycles. The summed E-state index contributed by atoms with van der Waals surface area (Å²) in [7, 11) is 0. The van der Waals surface area contributed by atoms with Crippen LogP contribution in [0, 0.1) is 0 Å². The molecule has 6 heavy (non-hydrogen) atoms. The van der Waals surface area contributed by atoms with E-state index < -0.39 is 0 Å². The van der Waals surface area contributed by atoms with Crippen molar-refractivity contribution < 1.29 is 4.74 Å². The molecule has 0 N–H and O–H groups in total. The highest BCUT2D eigenvalue weighted by Crippen LogP contribution is 2.22. The van der Waals surface area contributed by atoms with Crippen LogP contribution in [0.1, 0.15) is 20.3 Å². The average molecular weight is 86.1 g/mol. The van der Waals surface area contributed by atoms with Crippen molar-refractivity contribution in [1.82, 2.24) is 0 Å². The SMILES string of the molecule is CC[C@@H]1O[C@@H]1C. The van der Waals surface area contributed by atoms with Crippen LogP contribution < -0.4 is 0 Å². The molecule has 1 nitrogen and oxygen atoms in total. The summed E-state index contributed by atoms with van der Waals surface area (Å²) in [5, 5.41) is 0. The van der Waals surface area contributed by atoms with Gasteiger partial charge in [0, 0.05) is 0 Å². The fraction of sp³-hybridized carbons (Fsp3) is 1.00. The second-order valence-electron chi connectivity index (χ2n) is 1.79. The van der Waals surface area contributed by atoms with Gasteiger partial charge in [-0.15, -0.1) is 0 Å². The van der Waals surface area contributed by atoms with Crippen LogP contribution in [-0.4, -0.2) is 12.2 Å². The standard InChI is InChI=1S/C5H10O/c1-3-5-4(2)6-5/h4-5H,3H2,1-2H3/t4-,5+/m1/s1. The molecule has 1 aliphatic heterocycles. The maximum Gasteiger partial charge on any atom is 0.0836 e. The van der Waals surface area contributed by atoms with E-state index in [9.17, 15) is 0 Å². The molecule has 36 valence electrons. The summed E-state index contributed by atoms with van der Waals surface area (Å²) in [6.07, 6.45) is 2.35. The van der Waals surface area contributed by atoms with Gasteiger partial charge in [-0.3, -0.25) is 0 Å². The Kier molecular flexibility index (Phi) is 0.845. The summed E-state index contributed by atoms with van der Waals surface area (Å²) < 4.78 is 5.07. The van der Waals surface area contributed by atoms with Crippen LogP contribution in [0.3, 0.4) is 0 Å². The van der Waals surface area contributed by atoms with Gasteiger partial charge in [0.1, 0.15) is 0 Å². The van der Waals surface area contributed by atoms with Crippen LogP contribution in [0.2, 0.25) is 0 Å². The third-order valence-corrected chi connectivity index (χ3v) is 1.24. The van der Waals surface area contributed by atoms with Crippen molar-refractivity contribution in [2.75, 3.05) is 0 Å². The predicted molar refractivity (Wildman–Crippen MR) is 24.6 cm³/mol. The van der Waals surface area contributed by atoms with Crippen molar-refractivity contribution in [3.8, 4) is 0 Å². The molecular weight excluding hydrogens is 76.1 g/mol. The third-order valence-electron chi connectivity index (χ3n) is 1.24. The molecule has 1 rings (SSSR count). The molecule has 0 bridgehead atoms. The third kappa shape index (κ3) is 0.548. The molecule has 2 atom stereocenters. The second kappa shape index (κ2) is 1.23. The Bertz CT molecular complexity index is 49.9. The Morgan fingerprint density at radius 3 is 2.17 bits per heavy atom. The molecule has 0 aromatic heterocycles. The average Bonchev–Trinajstić information content (AvgIpc) is 2.19. The van der Waals surface area contributed by atoms with E-state index in [4.69, 9.17) is 4.74 Å². The molecule has 1 saturated heterocycles. The van der Waals surface area contributed by atoms with Crippen molar-refractivity contribution in [1.29, 1.82) is 0 Å². The molecule has 0 saturated carbocycles. The zero-order valence-corrected chi connectivity index (χ0v) is 4.27. The predicted octanol–water partition coefficient (Wildman–Crippen LogP) is 1.18. The minimum Gasteiger partial charge on any atom is -0.370 e. The molecule has 0 spiro atoms. The van der Waals surface area contributed by atoms with Gasteiger partial charge in [-0.05, 0) is 13.3 Å². The fourth-order valence-corrected chi connectivity index (χ4v) is 0.659. The summed E-state index contributed by atoms with van der Waals surface area (Å²) in [6, 6.07) is 0. The van der Waals surface area contributed by atoms with E-state index in [1.807, 2.05) is 0 Å². The first kappa shape index (κ1) is 4.13. The zero-order valence-electron chi connectivity index (χ0n) is 4.27. The van der Waals surface area contributed by atoms with Crippen LogP contribution in [0.15, 0.2) is 0 Å². The minimum absolute atomic E-state index is 0.565. The Balaban J connectivity index is 2.09. The van der Waals surface area contributed by atoms with Crippen molar-refractivity contribution in [2.24, 2.45) is 0 Å². The lowest BCUT2D eigenvalue weighted by atomic mass is 10.3. The van der Waals surface area contributed by atoms with Crippen molar-refractivity contribution in [3.63, 3.8) is 0 Å². The lowest BCUT2D eigenvalue weighted by Crippen LogP contribution is -1.81. The Morgan fingerprint density at radius 2 is 2.17 bits per heavy atom. The number of epoxide rings is 1. The summed E-state index contributed by atoms with van der Waals surface area (Å²) >= 11 is 0. The van der Waals surface area contributed by atoms with Gasteiger partial charge < -0.3 is 4.74 Å². The Morgan fingerprint density at radius 1 is 1.67 bits per heavy atom. The fourth-order valence-electron chi connectivity index (χ4n) is 0.659. The van der Waals surface area contributed by atoms with Gasteiger partial charge in [-0.2, -0.15) is 0 Å². The van der Waals surface area contributed by atoms with E-state index in [0.29, 0.717) is 12.2 Å². The Labute approximate surface area is 38.3 Å². The van der Waals surface area contributed by atoms with Gasteiger partial charge in [0.2, 0.25) is 0 Å². The molecular formula is C5H10O. The van der Waals surface area contributed by atoms with Crippen LogP contribution >= 0.6 is 0 Å². The normalized spacial score (nSPS) is 43.0. The maximum absolute atomic E-state index is 5.07. The van der Waals surface area contributed by atoms with E-state index in [1.165, 1.54) is 6.42 Å². The highest BCUT2D eigenvalue weighted by Gasteiger charge is 2.31. The Hall–Kier alpha value is -0.0400. The van der Waals surface area contributed by atoms with Crippen molar-refractivity contribution >= 4 is 0 Å². The highest BCUT2D eigenvalue weighted by molar-refractivity contribution is 4.77. The maximum atomic E-state index is 5.07. The zero-order chi connectivity index (χ0) is 4.57. The summed E-state index contributed by atoms with van der Waals surface area (Å²) in [4.78, 5) is 0. The first-order valence-corrected chi connectivity index (χ1v) is 2.50. The van der Waals surface area contributed by atoms with Gasteiger partial charge >= 0.3 is 0 Å². The molecule has 0 aliphatic carbocycles. The lowest BCUT2D eigenvalue weighted by molar-refractivity contribution is 0.375. The van der Waals surface area contributed by atoms with Crippen LogP contribution in [-0.2, 0) is 4.74 Å². The van der Waals surface area contributed by atoms with Gasteiger partial charge in [-0.25, -0.2) is 0 Å². The van der Waals surface area contributed by atoms with E-state index in [-0.39, 0.29) is 0 Å². The summed E-state index contributed by atoms with van der Waals surface area (Å²) in [5.74, 6) is 0. The van der Waals surface area contributed by atoms with Gasteiger partial charge in [0.25, 0.3) is 0 Å². The highest BCUT2D eigenvalue weighted by atomic mass is 16.6. The number of ether oxygens (including phenoxy) is 1. The van der Waals surface area contributed by atoms with Crippen molar-refractivity contribution in [2.45, 2.75) is 32.5 Å². The van der Waals surface area contributed by atoms with Gasteiger partial charge in [0.05, 0.1) is 12.2 Å². The first-order valence-electron chi connectivity index (χ1n) is 2.50. The molecule has 0 aromatic rings. The largest absolute Gasteiger partial charge is 0.370 e. The molecule has 0 aromatic carbocycles. The van der Waals surface area contributed by atoms with E-state index in [2.05, 4.69) is 13.8 Å². The topological polar surface area (TPSA) is 12.5 Å². The van der Waals surface area contributed by atoms with Crippen molar-refractivity contribution in [3.05, 3.63) is 0 Å². The first-order chi connectivity index (χ1) is 2.84. The number of rotatable bonds is 1. The van der Waals surface area contributed by atoms with E-state index in [1.54, 1.807) is 0 Å². The van der Waals surface area contributed by atoms with Gasteiger partial charge in [-0.1, -0.05) is 6.92 Å². The smallest absolute Gasteiger partial charge is 0.0836 e. The quantitative estimate of drug-likeness (QED) is 0.436. The van der Waals surface area contributed by atoms with E-state index in [0.717, 1.165) is 0 Å². The molecule has 1 fully saturated rings. The number of hydrogen-bond donors (Lipinski definition) is 0. The monoisotopic (exact) mass is 86.1 g/mol.